The number of rotatable bonds is 19. The lowest BCUT2D eigenvalue weighted by molar-refractivity contribution is -0.121. The van der Waals surface area contributed by atoms with E-state index < -0.39 is 0 Å². The third-order valence-electron chi connectivity index (χ3n) is 6.12. The van der Waals surface area contributed by atoms with E-state index in [1.165, 1.54) is 17.5 Å². The fourth-order valence-corrected chi connectivity index (χ4v) is 4.48. The maximum atomic E-state index is 12.1. The Hall–Kier alpha value is -1.39. The fraction of sp³-hybridized carbons (Fsp3) is 0.774. The van der Waals surface area contributed by atoms with Crippen molar-refractivity contribution in [3.63, 3.8) is 0 Å². The summed E-state index contributed by atoms with van der Waals surface area (Å²) in [7, 11) is 0. The summed E-state index contributed by atoms with van der Waals surface area (Å²) >= 11 is 0. The second kappa shape index (κ2) is 17.9. The summed E-state index contributed by atoms with van der Waals surface area (Å²) < 4.78 is 12.1. The number of nitrogens with one attached hydrogen (secondary N) is 1. The van der Waals surface area contributed by atoms with Crippen LogP contribution >= 0.6 is 0 Å². The van der Waals surface area contributed by atoms with Crippen LogP contribution in [0.1, 0.15) is 97.6 Å². The first-order valence-corrected chi connectivity index (χ1v) is 14.0. The van der Waals surface area contributed by atoms with Crippen molar-refractivity contribution in [1.82, 2.24) is 5.32 Å². The van der Waals surface area contributed by atoms with E-state index in [0.29, 0.717) is 29.6 Å². The molecule has 1 amide bonds. The van der Waals surface area contributed by atoms with E-state index >= 15 is 0 Å². The van der Waals surface area contributed by atoms with Gasteiger partial charge in [-0.1, -0.05) is 84.2 Å². The highest BCUT2D eigenvalue weighted by Crippen LogP contribution is 2.24. The van der Waals surface area contributed by atoms with Crippen LogP contribution in [0.2, 0.25) is 0 Å². The zero-order valence-corrected chi connectivity index (χ0v) is 24.0. The third-order valence-corrected chi connectivity index (χ3v) is 6.12. The highest BCUT2D eigenvalue weighted by molar-refractivity contribution is 5.75. The summed E-state index contributed by atoms with van der Waals surface area (Å²) in [5, 5.41) is 3.09. The molecule has 4 heteroatoms. The molecule has 0 fully saturated rings. The zero-order chi connectivity index (χ0) is 26.1. The largest absolute Gasteiger partial charge is 0.381 e. The molecule has 0 aliphatic carbocycles. The van der Waals surface area contributed by atoms with Crippen molar-refractivity contribution < 1.29 is 14.3 Å². The van der Waals surface area contributed by atoms with Crippen LogP contribution in [0.4, 0.5) is 0 Å². The van der Waals surface area contributed by atoms with Crippen LogP contribution in [0, 0.1) is 30.1 Å². The van der Waals surface area contributed by atoms with Crippen LogP contribution in [0.3, 0.4) is 0 Å². The van der Waals surface area contributed by atoms with E-state index in [-0.39, 0.29) is 5.91 Å². The molecule has 1 aromatic rings. The molecule has 1 N–H and O–H groups in total. The third kappa shape index (κ3) is 18.5. The second-order valence-electron chi connectivity index (χ2n) is 12.2. The maximum absolute atomic E-state index is 12.1. The SMILES string of the molecule is Cc1ccc(CCCC(=O)NCCCCCC(COCC(C)C)COCC(C)CC(C)(C)C)cc1. The molecule has 1 aromatic carbocycles. The van der Waals surface area contributed by atoms with Crippen molar-refractivity contribution in [2.75, 3.05) is 33.0 Å². The number of benzene rings is 1. The minimum absolute atomic E-state index is 0.176. The number of amides is 1. The molecule has 0 saturated heterocycles. The van der Waals surface area contributed by atoms with E-state index in [1.807, 2.05) is 0 Å². The van der Waals surface area contributed by atoms with Gasteiger partial charge in [-0.2, -0.15) is 0 Å². The molecule has 2 unspecified atom stereocenters. The highest BCUT2D eigenvalue weighted by Gasteiger charge is 2.16. The number of carbonyl (C=O) groups excluding carboxylic acids is 1. The molecule has 0 radical (unpaired) electrons. The summed E-state index contributed by atoms with van der Waals surface area (Å²) in [6, 6.07) is 8.59. The predicted octanol–water partition coefficient (Wildman–Crippen LogP) is 7.37. The molecule has 202 valence electrons. The van der Waals surface area contributed by atoms with Gasteiger partial charge in [0.1, 0.15) is 0 Å². The van der Waals surface area contributed by atoms with Gasteiger partial charge in [-0.15, -0.1) is 0 Å². The average molecular weight is 490 g/mol. The van der Waals surface area contributed by atoms with Crippen molar-refractivity contribution in [2.45, 2.75) is 99.8 Å². The smallest absolute Gasteiger partial charge is 0.220 e. The lowest BCUT2D eigenvalue weighted by Gasteiger charge is -2.24. The second-order valence-corrected chi connectivity index (χ2v) is 12.2. The van der Waals surface area contributed by atoms with Gasteiger partial charge in [-0.3, -0.25) is 4.79 Å². The van der Waals surface area contributed by atoms with E-state index in [9.17, 15) is 4.79 Å². The minimum Gasteiger partial charge on any atom is -0.381 e. The van der Waals surface area contributed by atoms with Gasteiger partial charge >= 0.3 is 0 Å². The number of hydrogen-bond donors (Lipinski definition) is 1. The van der Waals surface area contributed by atoms with Crippen molar-refractivity contribution in [3.8, 4) is 0 Å². The standard InChI is InChI=1S/C31H55NO3/c1-25(2)21-34-23-29(24-35-22-27(4)20-31(5,6)7)12-9-8-10-19-32-30(33)14-11-13-28-17-15-26(3)16-18-28/h15-18,25,27,29H,8-14,19-24H2,1-7H3,(H,32,33). The lowest BCUT2D eigenvalue weighted by atomic mass is 9.86. The van der Waals surface area contributed by atoms with Gasteiger partial charge in [0.05, 0.1) is 13.2 Å². The Labute approximate surface area is 216 Å². The van der Waals surface area contributed by atoms with E-state index in [4.69, 9.17) is 9.47 Å². The molecule has 0 bridgehead atoms. The number of ether oxygens (including phenoxy) is 2. The van der Waals surface area contributed by atoms with Crippen molar-refractivity contribution in [3.05, 3.63) is 35.4 Å². The fourth-order valence-electron chi connectivity index (χ4n) is 4.48. The number of aryl methyl sites for hydroxylation is 2. The first-order chi connectivity index (χ1) is 16.5. The Morgan fingerprint density at radius 1 is 0.886 bits per heavy atom. The Bertz CT molecular complexity index is 663. The molecular formula is C31H55NO3. The van der Waals surface area contributed by atoms with Gasteiger partial charge in [0, 0.05) is 32.1 Å². The summed E-state index contributed by atoms with van der Waals surface area (Å²) in [4.78, 5) is 12.1. The van der Waals surface area contributed by atoms with Crippen LogP contribution < -0.4 is 5.32 Å². The molecule has 0 heterocycles. The van der Waals surface area contributed by atoms with E-state index in [1.54, 1.807) is 0 Å². The molecule has 4 nitrogen and oxygen atoms in total. The zero-order valence-electron chi connectivity index (χ0n) is 24.0. The minimum atomic E-state index is 0.176. The van der Waals surface area contributed by atoms with E-state index in [0.717, 1.165) is 71.5 Å². The van der Waals surface area contributed by atoms with Gasteiger partial charge in [-0.05, 0) is 61.8 Å². The van der Waals surface area contributed by atoms with Crippen LogP contribution in [-0.4, -0.2) is 38.9 Å². The number of hydrogen-bond acceptors (Lipinski definition) is 3. The molecule has 0 aliphatic rings. The Kier molecular flexibility index (Phi) is 16.2. The molecule has 35 heavy (non-hydrogen) atoms. The molecule has 0 saturated carbocycles. The van der Waals surface area contributed by atoms with Gasteiger partial charge in [-0.25, -0.2) is 0 Å². The Morgan fingerprint density at radius 3 is 2.17 bits per heavy atom. The lowest BCUT2D eigenvalue weighted by Crippen LogP contribution is -2.24. The van der Waals surface area contributed by atoms with Crippen LogP contribution in [0.15, 0.2) is 24.3 Å². The first kappa shape index (κ1) is 31.6. The van der Waals surface area contributed by atoms with Crippen molar-refractivity contribution >= 4 is 5.91 Å². The highest BCUT2D eigenvalue weighted by atomic mass is 16.5. The van der Waals surface area contributed by atoms with Crippen molar-refractivity contribution in [1.29, 1.82) is 0 Å². The van der Waals surface area contributed by atoms with Crippen LogP contribution in [-0.2, 0) is 20.7 Å². The number of carbonyl (C=O) groups is 1. The Balaban J connectivity index is 2.18. The molecule has 2 atom stereocenters. The predicted molar refractivity (Wildman–Crippen MR) is 149 cm³/mol. The summed E-state index contributed by atoms with van der Waals surface area (Å²) in [5.41, 5.74) is 2.93. The van der Waals surface area contributed by atoms with E-state index in [2.05, 4.69) is 78.0 Å². The summed E-state index contributed by atoms with van der Waals surface area (Å²) in [6.07, 6.45) is 8.09. The van der Waals surface area contributed by atoms with Gasteiger partial charge in [0.25, 0.3) is 0 Å². The quantitative estimate of drug-likeness (QED) is 0.206. The molecule has 0 aliphatic heterocycles. The van der Waals surface area contributed by atoms with Gasteiger partial charge in [0.15, 0.2) is 0 Å². The number of unbranched alkanes of at least 4 members (excludes halogenated alkanes) is 2. The molecule has 0 spiro atoms. The maximum Gasteiger partial charge on any atom is 0.220 e. The normalized spacial score (nSPS) is 13.7. The first-order valence-electron chi connectivity index (χ1n) is 14.0. The summed E-state index contributed by atoms with van der Waals surface area (Å²) in [5.74, 6) is 1.76. The van der Waals surface area contributed by atoms with Gasteiger partial charge in [0.2, 0.25) is 5.91 Å². The topological polar surface area (TPSA) is 47.6 Å². The molecule has 0 aromatic heterocycles. The van der Waals surface area contributed by atoms with Gasteiger partial charge < -0.3 is 14.8 Å². The Morgan fingerprint density at radius 2 is 1.54 bits per heavy atom. The average Bonchev–Trinajstić information content (AvgIpc) is 2.75. The molecular weight excluding hydrogens is 434 g/mol. The van der Waals surface area contributed by atoms with Crippen LogP contribution in [0.5, 0.6) is 0 Å². The molecule has 1 rings (SSSR count). The monoisotopic (exact) mass is 489 g/mol. The summed E-state index contributed by atoms with van der Waals surface area (Å²) in [6.45, 7) is 19.6. The van der Waals surface area contributed by atoms with Crippen LogP contribution in [0.25, 0.3) is 0 Å². The van der Waals surface area contributed by atoms with Crippen molar-refractivity contribution in [2.24, 2.45) is 23.2 Å².